The van der Waals surface area contributed by atoms with Gasteiger partial charge in [0.15, 0.2) is 0 Å². The summed E-state index contributed by atoms with van der Waals surface area (Å²) in [6, 6.07) is 75.1. The molecule has 0 amide bonds. The highest BCUT2D eigenvalue weighted by molar-refractivity contribution is 6.08. The molecule has 0 bridgehead atoms. The van der Waals surface area contributed by atoms with Crippen molar-refractivity contribution in [3.05, 3.63) is 217 Å². The second kappa shape index (κ2) is 13.2. The number of hydrogen-bond acceptors (Lipinski definition) is 2. The number of anilines is 6. The quantitative estimate of drug-likeness (QED) is 0.170. The Morgan fingerprint density at radius 3 is 1.71 bits per heavy atom. The average molecular weight is 705 g/mol. The molecule has 1 heterocycles. The smallest absolute Gasteiger partial charge is 0.0618 e. The third-order valence-corrected chi connectivity index (χ3v) is 11.4. The first kappa shape index (κ1) is 32.7. The summed E-state index contributed by atoms with van der Waals surface area (Å²) in [5.74, 6) is 0. The molecule has 1 aliphatic heterocycles. The molecule has 2 heteroatoms. The number of rotatable bonds is 6. The van der Waals surface area contributed by atoms with Crippen LogP contribution in [-0.4, -0.2) is 0 Å². The minimum atomic E-state index is -0.255. The van der Waals surface area contributed by atoms with Crippen molar-refractivity contribution in [3.8, 4) is 22.3 Å². The van der Waals surface area contributed by atoms with Gasteiger partial charge in [0.2, 0.25) is 0 Å². The minimum Gasteiger partial charge on any atom is -0.311 e. The molecule has 9 aromatic rings. The number of nitrogens with zero attached hydrogens (tertiary/aromatic N) is 2. The molecule has 262 valence electrons. The van der Waals surface area contributed by atoms with Gasteiger partial charge in [0.05, 0.1) is 17.1 Å². The van der Waals surface area contributed by atoms with Crippen molar-refractivity contribution in [2.24, 2.45) is 0 Å². The Kier molecular flexibility index (Phi) is 7.85. The van der Waals surface area contributed by atoms with E-state index < -0.39 is 0 Å². The largest absolute Gasteiger partial charge is 0.311 e. The van der Waals surface area contributed by atoms with Crippen LogP contribution >= 0.6 is 0 Å². The lowest BCUT2D eigenvalue weighted by molar-refractivity contribution is 0.634. The van der Waals surface area contributed by atoms with Crippen LogP contribution in [0.5, 0.6) is 0 Å². The molecular formula is C53H40N2. The Hall–Kier alpha value is -6.90. The van der Waals surface area contributed by atoms with Gasteiger partial charge in [-0.3, -0.25) is 0 Å². The lowest BCUT2D eigenvalue weighted by atomic mass is 9.70. The first-order chi connectivity index (χ1) is 27.1. The van der Waals surface area contributed by atoms with Crippen molar-refractivity contribution in [1.82, 2.24) is 0 Å². The van der Waals surface area contributed by atoms with Crippen LogP contribution in [0.15, 0.2) is 206 Å². The van der Waals surface area contributed by atoms with Crippen LogP contribution in [0.3, 0.4) is 0 Å². The maximum atomic E-state index is 2.55. The number of benzene rings is 9. The summed E-state index contributed by atoms with van der Waals surface area (Å²) in [6.07, 6.45) is 0. The Morgan fingerprint density at radius 2 is 0.964 bits per heavy atom. The first-order valence-electron chi connectivity index (χ1n) is 19.1. The SMILES string of the molecule is CC1(C)c2ccccc2N(c2c(-c3ccc(N(c4ccccc4)c4ccccc4)cc3)ccc3ccccc23)c2cccc(-c3ccc4ccccc4c3)c21. The van der Waals surface area contributed by atoms with Crippen LogP contribution < -0.4 is 9.80 Å². The van der Waals surface area contributed by atoms with E-state index in [9.17, 15) is 0 Å². The average Bonchev–Trinajstić information content (AvgIpc) is 3.24. The van der Waals surface area contributed by atoms with Crippen molar-refractivity contribution in [3.63, 3.8) is 0 Å². The molecule has 1 aliphatic rings. The summed E-state index contributed by atoms with van der Waals surface area (Å²) in [5, 5.41) is 4.94. The van der Waals surface area contributed by atoms with E-state index >= 15 is 0 Å². The molecule has 0 N–H and O–H groups in total. The molecule has 55 heavy (non-hydrogen) atoms. The highest BCUT2D eigenvalue weighted by Gasteiger charge is 2.39. The molecule has 0 aliphatic carbocycles. The predicted molar refractivity (Wildman–Crippen MR) is 234 cm³/mol. The zero-order valence-corrected chi connectivity index (χ0v) is 31.0. The monoisotopic (exact) mass is 704 g/mol. The summed E-state index contributed by atoms with van der Waals surface area (Å²) in [7, 11) is 0. The Morgan fingerprint density at radius 1 is 0.400 bits per heavy atom. The van der Waals surface area contributed by atoms with Crippen LogP contribution in [-0.2, 0) is 5.41 Å². The molecule has 0 saturated heterocycles. The molecular weight excluding hydrogens is 665 g/mol. The van der Waals surface area contributed by atoms with Gasteiger partial charge in [0.1, 0.15) is 0 Å². The van der Waals surface area contributed by atoms with Crippen molar-refractivity contribution in [2.75, 3.05) is 9.80 Å². The normalized spacial score (nSPS) is 13.0. The fraction of sp³-hybridized carbons (Fsp3) is 0.0566. The van der Waals surface area contributed by atoms with E-state index in [4.69, 9.17) is 0 Å². The summed E-state index contributed by atoms with van der Waals surface area (Å²) in [4.78, 5) is 4.87. The summed E-state index contributed by atoms with van der Waals surface area (Å²) < 4.78 is 0. The minimum absolute atomic E-state index is 0.255. The maximum absolute atomic E-state index is 2.55. The van der Waals surface area contributed by atoms with E-state index in [1.165, 1.54) is 72.0 Å². The van der Waals surface area contributed by atoms with Crippen molar-refractivity contribution >= 4 is 55.7 Å². The summed E-state index contributed by atoms with van der Waals surface area (Å²) >= 11 is 0. The van der Waals surface area contributed by atoms with Crippen molar-refractivity contribution in [1.29, 1.82) is 0 Å². The predicted octanol–water partition coefficient (Wildman–Crippen LogP) is 14.9. The second-order valence-electron chi connectivity index (χ2n) is 15.0. The van der Waals surface area contributed by atoms with Gasteiger partial charge in [0.25, 0.3) is 0 Å². The Balaban J connectivity index is 1.19. The highest BCUT2D eigenvalue weighted by atomic mass is 15.2. The van der Waals surface area contributed by atoms with E-state index in [0.29, 0.717) is 0 Å². The fourth-order valence-corrected chi connectivity index (χ4v) is 8.80. The van der Waals surface area contributed by atoms with Gasteiger partial charge in [-0.2, -0.15) is 0 Å². The van der Waals surface area contributed by atoms with E-state index in [1.807, 2.05) is 0 Å². The molecule has 0 unspecified atom stereocenters. The summed E-state index contributed by atoms with van der Waals surface area (Å²) in [6.45, 7) is 4.78. The lowest BCUT2D eigenvalue weighted by Crippen LogP contribution is -2.31. The Bertz CT molecular complexity index is 2800. The van der Waals surface area contributed by atoms with Crippen LogP contribution in [0.4, 0.5) is 34.1 Å². The molecule has 0 atom stereocenters. The second-order valence-corrected chi connectivity index (χ2v) is 15.0. The van der Waals surface area contributed by atoms with E-state index in [0.717, 1.165) is 17.1 Å². The molecule has 0 aromatic heterocycles. The van der Waals surface area contributed by atoms with Gasteiger partial charge in [-0.05, 0) is 98.6 Å². The van der Waals surface area contributed by atoms with Gasteiger partial charge < -0.3 is 9.80 Å². The first-order valence-corrected chi connectivity index (χ1v) is 19.1. The van der Waals surface area contributed by atoms with Gasteiger partial charge in [0, 0.05) is 33.4 Å². The molecule has 0 radical (unpaired) electrons. The Labute approximate surface area is 323 Å². The van der Waals surface area contributed by atoms with Crippen molar-refractivity contribution < 1.29 is 0 Å². The molecule has 0 saturated carbocycles. The number of fused-ring (bicyclic) bond motifs is 4. The van der Waals surface area contributed by atoms with E-state index in [2.05, 4.69) is 230 Å². The van der Waals surface area contributed by atoms with Gasteiger partial charge in [-0.15, -0.1) is 0 Å². The molecule has 9 aromatic carbocycles. The summed E-state index contributed by atoms with van der Waals surface area (Å²) in [5.41, 5.74) is 14.2. The number of para-hydroxylation sites is 3. The van der Waals surface area contributed by atoms with Crippen LogP contribution in [0, 0.1) is 0 Å². The van der Waals surface area contributed by atoms with Gasteiger partial charge in [-0.25, -0.2) is 0 Å². The molecule has 0 spiro atoms. The maximum Gasteiger partial charge on any atom is 0.0618 e. The lowest BCUT2D eigenvalue weighted by Gasteiger charge is -2.44. The van der Waals surface area contributed by atoms with Gasteiger partial charge >= 0.3 is 0 Å². The van der Waals surface area contributed by atoms with Gasteiger partial charge in [-0.1, -0.05) is 166 Å². The zero-order valence-electron chi connectivity index (χ0n) is 31.0. The number of hydrogen-bond donors (Lipinski definition) is 0. The van der Waals surface area contributed by atoms with Crippen LogP contribution in [0.25, 0.3) is 43.8 Å². The van der Waals surface area contributed by atoms with E-state index in [-0.39, 0.29) is 5.41 Å². The fourth-order valence-electron chi connectivity index (χ4n) is 8.80. The van der Waals surface area contributed by atoms with Crippen LogP contribution in [0.1, 0.15) is 25.0 Å². The standard InChI is InChI=1S/C53H40N2/c1-53(2)48-25-13-14-26-49(48)55(50-27-15-24-45(51(50)53)41-29-28-37-16-9-10-18-40(37)36-41)52-46-23-12-11-17-38(46)32-35-47(52)39-30-33-44(34-31-39)54(42-19-5-3-6-20-42)43-21-7-4-8-22-43/h3-36H,1-2H3. The van der Waals surface area contributed by atoms with E-state index in [1.54, 1.807) is 0 Å². The topological polar surface area (TPSA) is 6.48 Å². The third-order valence-electron chi connectivity index (χ3n) is 11.4. The molecule has 10 rings (SSSR count). The van der Waals surface area contributed by atoms with Crippen LogP contribution in [0.2, 0.25) is 0 Å². The molecule has 2 nitrogen and oxygen atoms in total. The third kappa shape index (κ3) is 5.49. The van der Waals surface area contributed by atoms with Crippen molar-refractivity contribution in [2.45, 2.75) is 19.3 Å². The molecule has 0 fully saturated rings. The zero-order chi connectivity index (χ0) is 36.9. The highest BCUT2D eigenvalue weighted by Crippen LogP contribution is 2.57.